The summed E-state index contributed by atoms with van der Waals surface area (Å²) in [5, 5.41) is 8.32. The fraction of sp³-hybridized carbons (Fsp3) is 0.476. The molecule has 7 nitrogen and oxygen atoms in total. The second-order valence-corrected chi connectivity index (χ2v) is 7.69. The van der Waals surface area contributed by atoms with Crippen molar-refractivity contribution >= 4 is 16.9 Å². The molecule has 4 rings (SSSR count). The van der Waals surface area contributed by atoms with Crippen LogP contribution in [-0.2, 0) is 20.6 Å². The summed E-state index contributed by atoms with van der Waals surface area (Å²) >= 11 is 0. The quantitative estimate of drug-likeness (QED) is 0.756. The maximum absolute atomic E-state index is 12.1. The number of aromatic nitrogens is 4. The lowest BCUT2D eigenvalue weighted by atomic mass is 9.98. The van der Waals surface area contributed by atoms with Crippen LogP contribution in [0.15, 0.2) is 24.4 Å². The maximum atomic E-state index is 12.1. The van der Waals surface area contributed by atoms with Crippen LogP contribution in [0.5, 0.6) is 0 Å². The molecule has 0 unspecified atom stereocenters. The lowest BCUT2D eigenvalue weighted by molar-refractivity contribution is 0.0952. The van der Waals surface area contributed by atoms with Crippen LogP contribution in [0.1, 0.15) is 52.7 Å². The van der Waals surface area contributed by atoms with Crippen LogP contribution in [0, 0.1) is 6.92 Å². The van der Waals surface area contributed by atoms with E-state index in [9.17, 15) is 4.79 Å². The molecule has 4 heterocycles. The summed E-state index contributed by atoms with van der Waals surface area (Å²) in [6.45, 7) is 3.93. The Balaban J connectivity index is 1.62. The number of fused-ring (bicyclic) bond motifs is 1. The predicted octanol–water partition coefficient (Wildman–Crippen LogP) is 2.70. The third-order valence-electron chi connectivity index (χ3n) is 5.88. The molecule has 3 aromatic rings. The van der Waals surface area contributed by atoms with Crippen molar-refractivity contribution < 1.29 is 4.79 Å². The number of piperidine rings is 1. The Bertz CT molecular complexity index is 1020. The van der Waals surface area contributed by atoms with Crippen LogP contribution < -0.4 is 5.32 Å². The number of aryl methyl sites for hydroxylation is 2. The molecule has 0 aromatic carbocycles. The number of pyridine rings is 1. The van der Waals surface area contributed by atoms with E-state index in [0.717, 1.165) is 36.2 Å². The number of likely N-dealkylation sites (tertiary alicyclic amines) is 1. The van der Waals surface area contributed by atoms with Crippen LogP contribution in [0.3, 0.4) is 0 Å². The molecule has 1 N–H and O–H groups in total. The molecule has 0 bridgehead atoms. The van der Waals surface area contributed by atoms with Crippen LogP contribution in [0.25, 0.3) is 11.0 Å². The molecular weight excluding hydrogens is 352 g/mol. The summed E-state index contributed by atoms with van der Waals surface area (Å²) in [6.07, 6.45) is 5.48. The molecule has 1 amide bonds. The topological polar surface area (TPSA) is 68.0 Å². The normalized spacial score (nSPS) is 17.9. The van der Waals surface area contributed by atoms with Gasteiger partial charge >= 0.3 is 0 Å². The number of carbonyl (C=O) groups is 1. The molecule has 28 heavy (non-hydrogen) atoms. The van der Waals surface area contributed by atoms with Crippen LogP contribution >= 0.6 is 0 Å². The van der Waals surface area contributed by atoms with E-state index in [4.69, 9.17) is 0 Å². The van der Waals surface area contributed by atoms with Crippen molar-refractivity contribution in [3.05, 3.63) is 47.0 Å². The number of hydrogen-bond acceptors (Lipinski definition) is 4. The molecule has 1 fully saturated rings. The third kappa shape index (κ3) is 3.20. The molecule has 7 heteroatoms. The van der Waals surface area contributed by atoms with Crippen molar-refractivity contribution in [3.8, 4) is 0 Å². The van der Waals surface area contributed by atoms with Crippen molar-refractivity contribution in [3.63, 3.8) is 0 Å². The second-order valence-electron chi connectivity index (χ2n) is 7.69. The first-order valence-corrected chi connectivity index (χ1v) is 9.89. The van der Waals surface area contributed by atoms with Gasteiger partial charge in [-0.1, -0.05) is 6.42 Å². The molecule has 0 saturated carbocycles. The van der Waals surface area contributed by atoms with Gasteiger partial charge in [0.2, 0.25) is 0 Å². The largest absolute Gasteiger partial charge is 0.354 e. The van der Waals surface area contributed by atoms with Gasteiger partial charge in [0.05, 0.1) is 11.7 Å². The monoisotopic (exact) mass is 380 g/mol. The van der Waals surface area contributed by atoms with E-state index in [1.807, 2.05) is 42.5 Å². The van der Waals surface area contributed by atoms with Gasteiger partial charge in [0.25, 0.3) is 5.91 Å². The third-order valence-corrected chi connectivity index (χ3v) is 5.88. The second kappa shape index (κ2) is 7.39. The Morgan fingerprint density at radius 1 is 1.29 bits per heavy atom. The number of nitrogens with zero attached hydrogens (tertiary/aromatic N) is 5. The van der Waals surface area contributed by atoms with Gasteiger partial charge in [0.1, 0.15) is 5.69 Å². The van der Waals surface area contributed by atoms with Gasteiger partial charge in [-0.15, -0.1) is 0 Å². The average molecular weight is 380 g/mol. The van der Waals surface area contributed by atoms with Crippen molar-refractivity contribution in [2.24, 2.45) is 14.1 Å². The average Bonchev–Trinajstić information content (AvgIpc) is 3.21. The number of hydrogen-bond donors (Lipinski definition) is 1. The Morgan fingerprint density at radius 2 is 2.11 bits per heavy atom. The fourth-order valence-corrected chi connectivity index (χ4v) is 4.41. The molecule has 0 radical (unpaired) electrons. The van der Waals surface area contributed by atoms with E-state index >= 15 is 0 Å². The Hall–Kier alpha value is -2.67. The number of nitrogens with one attached hydrogen (secondary N) is 1. The minimum atomic E-state index is -0.0437. The Kier molecular flexibility index (Phi) is 4.93. The minimum Gasteiger partial charge on any atom is -0.354 e. The summed E-state index contributed by atoms with van der Waals surface area (Å²) in [5.74, 6) is -0.0437. The Labute approximate surface area is 165 Å². The predicted molar refractivity (Wildman–Crippen MR) is 109 cm³/mol. The van der Waals surface area contributed by atoms with Crippen LogP contribution in [0.4, 0.5) is 0 Å². The number of amides is 1. The van der Waals surface area contributed by atoms with Crippen LogP contribution in [0.2, 0.25) is 0 Å². The van der Waals surface area contributed by atoms with E-state index in [0.29, 0.717) is 11.7 Å². The highest BCUT2D eigenvalue weighted by molar-refractivity contribution is 5.92. The molecule has 1 saturated heterocycles. The van der Waals surface area contributed by atoms with Crippen molar-refractivity contribution in [1.29, 1.82) is 0 Å². The van der Waals surface area contributed by atoms with Gasteiger partial charge in [-0.3, -0.25) is 14.4 Å². The van der Waals surface area contributed by atoms with Crippen molar-refractivity contribution in [2.75, 3.05) is 13.6 Å². The standard InChI is InChI=1S/C21H28N6O/c1-14-16-11-15(12-23-20(16)26(4)24-14)13-27-10-6-5-7-18(27)17-8-9-19(25(17)3)21(28)22-2/h8-9,11-12,18H,5-7,10,13H2,1-4H3,(H,22,28)/t18-/m0/s1. The highest BCUT2D eigenvalue weighted by Crippen LogP contribution is 2.33. The summed E-state index contributed by atoms with van der Waals surface area (Å²) in [6, 6.07) is 6.55. The van der Waals surface area contributed by atoms with Crippen molar-refractivity contribution in [1.82, 2.24) is 29.5 Å². The zero-order valence-electron chi connectivity index (χ0n) is 17.1. The van der Waals surface area contributed by atoms with E-state index in [1.165, 1.54) is 24.1 Å². The highest BCUT2D eigenvalue weighted by atomic mass is 16.1. The van der Waals surface area contributed by atoms with Gasteiger partial charge in [0.15, 0.2) is 5.65 Å². The maximum Gasteiger partial charge on any atom is 0.267 e. The molecule has 0 spiro atoms. The Morgan fingerprint density at radius 3 is 2.89 bits per heavy atom. The first-order valence-electron chi connectivity index (χ1n) is 9.89. The summed E-state index contributed by atoms with van der Waals surface area (Å²) in [5.41, 5.74) is 5.05. The lowest BCUT2D eigenvalue weighted by Crippen LogP contribution is -2.34. The van der Waals surface area contributed by atoms with E-state index < -0.39 is 0 Å². The highest BCUT2D eigenvalue weighted by Gasteiger charge is 2.27. The lowest BCUT2D eigenvalue weighted by Gasteiger charge is -2.36. The molecule has 1 aliphatic rings. The van der Waals surface area contributed by atoms with Crippen molar-refractivity contribution in [2.45, 2.75) is 38.8 Å². The SMILES string of the molecule is CNC(=O)c1ccc([C@@H]2CCCCN2Cc2cnc3c(c2)c(C)nn3C)n1C. The molecule has 1 atom stereocenters. The van der Waals surface area contributed by atoms with Crippen LogP contribution in [-0.4, -0.2) is 43.7 Å². The zero-order valence-corrected chi connectivity index (χ0v) is 17.1. The van der Waals surface area contributed by atoms with E-state index in [1.54, 1.807) is 7.05 Å². The summed E-state index contributed by atoms with van der Waals surface area (Å²) < 4.78 is 3.87. The zero-order chi connectivity index (χ0) is 19.8. The minimum absolute atomic E-state index is 0.0437. The van der Waals surface area contributed by atoms with Gasteiger partial charge in [0, 0.05) is 45.0 Å². The number of rotatable bonds is 4. The molecule has 148 valence electrons. The molecule has 1 aliphatic heterocycles. The summed E-state index contributed by atoms with van der Waals surface area (Å²) in [7, 11) is 5.59. The molecular formula is C21H28N6O. The van der Waals surface area contributed by atoms with Gasteiger partial charge in [-0.05, 0) is 50.1 Å². The van der Waals surface area contributed by atoms with E-state index in [2.05, 4.69) is 32.4 Å². The molecule has 0 aliphatic carbocycles. The number of carbonyl (C=O) groups excluding carboxylic acids is 1. The summed E-state index contributed by atoms with van der Waals surface area (Å²) in [4.78, 5) is 19.3. The van der Waals surface area contributed by atoms with Gasteiger partial charge < -0.3 is 9.88 Å². The smallest absolute Gasteiger partial charge is 0.267 e. The van der Waals surface area contributed by atoms with Gasteiger partial charge in [-0.2, -0.15) is 5.10 Å². The fourth-order valence-electron chi connectivity index (χ4n) is 4.41. The molecule has 3 aromatic heterocycles. The first-order chi connectivity index (χ1) is 13.5. The van der Waals surface area contributed by atoms with E-state index in [-0.39, 0.29) is 5.91 Å². The first kappa shape index (κ1) is 18.7. The van der Waals surface area contributed by atoms with Gasteiger partial charge in [-0.25, -0.2) is 4.98 Å².